The van der Waals surface area contributed by atoms with Crippen molar-refractivity contribution in [2.24, 2.45) is 0 Å². The summed E-state index contributed by atoms with van der Waals surface area (Å²) in [6, 6.07) is 0. The van der Waals surface area contributed by atoms with Crippen LogP contribution in [0.1, 0.15) is 19.8 Å². The fourth-order valence-electron chi connectivity index (χ4n) is 1.74. The second kappa shape index (κ2) is 4.85. The maximum Gasteiger partial charge on any atom is 0.343 e. The van der Waals surface area contributed by atoms with Crippen molar-refractivity contribution in [1.29, 1.82) is 0 Å². The average Bonchev–Trinajstić information content (AvgIpc) is 2.61. The smallest absolute Gasteiger partial charge is 0.316 e. The van der Waals surface area contributed by atoms with Crippen molar-refractivity contribution < 1.29 is 0 Å². The van der Waals surface area contributed by atoms with Gasteiger partial charge in [-0.2, -0.15) is 0 Å². The number of rotatable bonds is 3. The molecule has 1 saturated heterocycles. The van der Waals surface area contributed by atoms with Crippen molar-refractivity contribution in [1.82, 2.24) is 20.1 Å². The van der Waals surface area contributed by atoms with Crippen LogP contribution in [0.15, 0.2) is 9.95 Å². The van der Waals surface area contributed by atoms with E-state index < -0.39 is 0 Å². The van der Waals surface area contributed by atoms with Gasteiger partial charge in [-0.15, -0.1) is 5.10 Å². The summed E-state index contributed by atoms with van der Waals surface area (Å²) in [7, 11) is 0. The summed E-state index contributed by atoms with van der Waals surface area (Å²) in [6.07, 6.45) is 2.40. The molecule has 2 heterocycles. The van der Waals surface area contributed by atoms with Crippen LogP contribution in [0.4, 0.5) is 0 Å². The molecule has 1 aromatic rings. The van der Waals surface area contributed by atoms with E-state index in [9.17, 15) is 4.79 Å². The van der Waals surface area contributed by atoms with E-state index in [2.05, 4.69) is 15.5 Å². The lowest BCUT2D eigenvalue weighted by atomic mass is 10.2. The maximum absolute atomic E-state index is 11.3. The molecule has 1 atom stereocenters. The molecule has 0 aromatic carbocycles. The molecule has 2 rings (SSSR count). The SMILES string of the molecule is CCn1c(SC2CCCNC2)n[nH]c1=O. The van der Waals surface area contributed by atoms with Crippen molar-refractivity contribution in [3.05, 3.63) is 10.5 Å². The van der Waals surface area contributed by atoms with Crippen LogP contribution in [0.25, 0.3) is 0 Å². The highest BCUT2D eigenvalue weighted by atomic mass is 32.2. The molecular weight excluding hydrogens is 212 g/mol. The molecule has 84 valence electrons. The van der Waals surface area contributed by atoms with Crippen LogP contribution < -0.4 is 11.0 Å². The Labute approximate surface area is 92.6 Å². The first-order chi connectivity index (χ1) is 7.31. The van der Waals surface area contributed by atoms with Gasteiger partial charge in [-0.1, -0.05) is 11.8 Å². The third kappa shape index (κ3) is 2.43. The standard InChI is InChI=1S/C9H16N4OS/c1-2-13-8(14)11-12-9(13)15-7-4-3-5-10-6-7/h7,10H,2-6H2,1H3,(H,11,14). The van der Waals surface area contributed by atoms with E-state index in [0.29, 0.717) is 11.8 Å². The van der Waals surface area contributed by atoms with E-state index in [1.165, 1.54) is 12.8 Å². The predicted molar refractivity (Wildman–Crippen MR) is 60.3 cm³/mol. The number of thioether (sulfide) groups is 1. The molecule has 0 saturated carbocycles. The van der Waals surface area contributed by atoms with Gasteiger partial charge in [-0.05, 0) is 26.3 Å². The highest BCUT2D eigenvalue weighted by molar-refractivity contribution is 7.99. The third-order valence-electron chi connectivity index (χ3n) is 2.56. The van der Waals surface area contributed by atoms with Gasteiger partial charge >= 0.3 is 5.69 Å². The second-order valence-electron chi connectivity index (χ2n) is 3.64. The Bertz CT molecular complexity index is 366. The zero-order chi connectivity index (χ0) is 10.7. The van der Waals surface area contributed by atoms with E-state index >= 15 is 0 Å². The highest BCUT2D eigenvalue weighted by Crippen LogP contribution is 2.24. The Balaban J connectivity index is 2.06. The minimum atomic E-state index is -0.108. The van der Waals surface area contributed by atoms with Gasteiger partial charge in [0.1, 0.15) is 0 Å². The molecule has 1 unspecified atom stereocenters. The number of aromatic amines is 1. The van der Waals surface area contributed by atoms with E-state index in [-0.39, 0.29) is 5.69 Å². The summed E-state index contributed by atoms with van der Waals surface area (Å²) >= 11 is 1.69. The number of hydrogen-bond donors (Lipinski definition) is 2. The molecule has 6 heteroatoms. The fourth-order valence-corrected chi connectivity index (χ4v) is 2.96. The molecule has 1 aliphatic heterocycles. The summed E-state index contributed by atoms with van der Waals surface area (Å²) in [5.41, 5.74) is -0.108. The summed E-state index contributed by atoms with van der Waals surface area (Å²) in [5.74, 6) is 0. The second-order valence-corrected chi connectivity index (χ2v) is 4.91. The summed E-state index contributed by atoms with van der Waals surface area (Å²) in [6.45, 7) is 4.76. The van der Waals surface area contributed by atoms with Crippen molar-refractivity contribution in [2.75, 3.05) is 13.1 Å². The molecule has 15 heavy (non-hydrogen) atoms. The number of piperidine rings is 1. The number of H-pyrrole nitrogens is 1. The average molecular weight is 228 g/mol. The Morgan fingerprint density at radius 1 is 1.67 bits per heavy atom. The number of nitrogens with one attached hydrogen (secondary N) is 2. The molecule has 2 N–H and O–H groups in total. The summed E-state index contributed by atoms with van der Waals surface area (Å²) in [5, 5.41) is 11.2. The molecule has 0 radical (unpaired) electrons. The van der Waals surface area contributed by atoms with E-state index in [1.807, 2.05) is 6.92 Å². The highest BCUT2D eigenvalue weighted by Gasteiger charge is 2.17. The van der Waals surface area contributed by atoms with Crippen LogP contribution >= 0.6 is 11.8 Å². The van der Waals surface area contributed by atoms with Crippen molar-refractivity contribution >= 4 is 11.8 Å². The first kappa shape index (κ1) is 10.8. The topological polar surface area (TPSA) is 62.7 Å². The zero-order valence-electron chi connectivity index (χ0n) is 8.82. The number of aromatic nitrogens is 3. The normalized spacial score (nSPS) is 21.8. The van der Waals surface area contributed by atoms with E-state index in [1.54, 1.807) is 16.3 Å². The molecule has 0 bridgehead atoms. The van der Waals surface area contributed by atoms with Crippen LogP contribution in [0.2, 0.25) is 0 Å². The Hall–Kier alpha value is -0.750. The van der Waals surface area contributed by atoms with Crippen LogP contribution in [-0.2, 0) is 6.54 Å². The monoisotopic (exact) mass is 228 g/mol. The van der Waals surface area contributed by atoms with Gasteiger partial charge in [0.15, 0.2) is 5.16 Å². The lowest BCUT2D eigenvalue weighted by molar-refractivity contribution is 0.529. The van der Waals surface area contributed by atoms with Crippen LogP contribution in [0.3, 0.4) is 0 Å². The molecule has 0 spiro atoms. The molecule has 0 amide bonds. The summed E-state index contributed by atoms with van der Waals surface area (Å²) in [4.78, 5) is 11.3. The molecule has 1 aromatic heterocycles. The molecule has 1 aliphatic rings. The maximum atomic E-state index is 11.3. The number of hydrogen-bond acceptors (Lipinski definition) is 4. The Morgan fingerprint density at radius 3 is 3.20 bits per heavy atom. The fraction of sp³-hybridized carbons (Fsp3) is 0.778. The summed E-state index contributed by atoms with van der Waals surface area (Å²) < 4.78 is 1.68. The van der Waals surface area contributed by atoms with Gasteiger partial charge in [-0.25, -0.2) is 9.89 Å². The lowest BCUT2D eigenvalue weighted by Gasteiger charge is -2.21. The third-order valence-corrected chi connectivity index (χ3v) is 3.82. The van der Waals surface area contributed by atoms with Crippen LogP contribution in [0, 0.1) is 0 Å². The van der Waals surface area contributed by atoms with E-state index in [4.69, 9.17) is 0 Å². The molecule has 0 aliphatic carbocycles. The van der Waals surface area contributed by atoms with Crippen LogP contribution in [0.5, 0.6) is 0 Å². The molecule has 5 nitrogen and oxygen atoms in total. The van der Waals surface area contributed by atoms with Crippen LogP contribution in [-0.4, -0.2) is 33.1 Å². The minimum Gasteiger partial charge on any atom is -0.316 e. The Morgan fingerprint density at radius 2 is 2.53 bits per heavy atom. The zero-order valence-corrected chi connectivity index (χ0v) is 9.64. The van der Waals surface area contributed by atoms with Crippen molar-refractivity contribution in [3.63, 3.8) is 0 Å². The van der Waals surface area contributed by atoms with Gasteiger partial charge < -0.3 is 5.32 Å². The van der Waals surface area contributed by atoms with Crippen molar-refractivity contribution in [3.8, 4) is 0 Å². The van der Waals surface area contributed by atoms with Gasteiger partial charge in [0.25, 0.3) is 0 Å². The minimum absolute atomic E-state index is 0.108. The predicted octanol–water partition coefficient (Wildman–Crippen LogP) is 0.435. The largest absolute Gasteiger partial charge is 0.343 e. The van der Waals surface area contributed by atoms with E-state index in [0.717, 1.165) is 18.2 Å². The molecule has 1 fully saturated rings. The first-order valence-corrected chi connectivity index (χ1v) is 6.21. The van der Waals surface area contributed by atoms with Gasteiger partial charge in [-0.3, -0.25) is 4.57 Å². The first-order valence-electron chi connectivity index (χ1n) is 5.34. The van der Waals surface area contributed by atoms with Crippen molar-refractivity contribution in [2.45, 2.75) is 36.7 Å². The van der Waals surface area contributed by atoms with Gasteiger partial charge in [0.05, 0.1) is 0 Å². The van der Waals surface area contributed by atoms with Gasteiger partial charge in [0.2, 0.25) is 0 Å². The Kier molecular flexibility index (Phi) is 3.48. The lowest BCUT2D eigenvalue weighted by Crippen LogP contribution is -2.31. The number of nitrogens with zero attached hydrogens (tertiary/aromatic N) is 2. The van der Waals surface area contributed by atoms with Gasteiger partial charge in [0, 0.05) is 18.3 Å². The quantitative estimate of drug-likeness (QED) is 0.788. The molecular formula is C9H16N4OS.